The minimum absolute atomic E-state index is 0.0769. The first-order valence-corrected chi connectivity index (χ1v) is 10.6. The molecule has 28 heavy (non-hydrogen) atoms. The van der Waals surface area contributed by atoms with Gasteiger partial charge in [0.15, 0.2) is 0 Å². The van der Waals surface area contributed by atoms with Crippen molar-refractivity contribution >= 4 is 45.2 Å². The third-order valence-electron chi connectivity index (χ3n) is 4.08. The average molecular weight is 414 g/mol. The number of carbonyl (C=O) groups is 2. The molecule has 146 valence electrons. The van der Waals surface area contributed by atoms with Gasteiger partial charge in [0.2, 0.25) is 5.91 Å². The number of aryl methyl sites for hydroxylation is 2. The molecule has 2 N–H and O–H groups in total. The zero-order valence-corrected chi connectivity index (χ0v) is 18.2. The van der Waals surface area contributed by atoms with Crippen molar-refractivity contribution in [3.05, 3.63) is 51.2 Å². The van der Waals surface area contributed by atoms with Crippen molar-refractivity contribution in [2.45, 2.75) is 34.6 Å². The number of nitrogens with zero attached hydrogens (tertiary/aromatic N) is 1. The van der Waals surface area contributed by atoms with E-state index in [1.165, 1.54) is 11.3 Å². The van der Waals surface area contributed by atoms with Crippen molar-refractivity contribution in [3.63, 3.8) is 0 Å². The van der Waals surface area contributed by atoms with Gasteiger partial charge in [-0.25, -0.2) is 4.98 Å². The summed E-state index contributed by atoms with van der Waals surface area (Å²) in [4.78, 5) is 30.0. The highest BCUT2D eigenvalue weighted by Crippen LogP contribution is 2.30. The van der Waals surface area contributed by atoms with E-state index in [9.17, 15) is 9.59 Å². The van der Waals surface area contributed by atoms with Crippen LogP contribution in [0.5, 0.6) is 0 Å². The van der Waals surface area contributed by atoms with Crippen LogP contribution in [-0.2, 0) is 4.79 Å². The summed E-state index contributed by atoms with van der Waals surface area (Å²) in [5, 5.41) is 9.52. The van der Waals surface area contributed by atoms with Crippen molar-refractivity contribution in [1.29, 1.82) is 0 Å². The number of anilines is 2. The van der Waals surface area contributed by atoms with Gasteiger partial charge in [-0.2, -0.15) is 0 Å². The molecule has 5 nitrogen and oxygen atoms in total. The molecule has 7 heteroatoms. The van der Waals surface area contributed by atoms with E-state index in [0.717, 1.165) is 21.8 Å². The average Bonchev–Trinajstić information content (AvgIpc) is 3.20. The summed E-state index contributed by atoms with van der Waals surface area (Å²) in [5.41, 5.74) is 2.91. The molecule has 2 amide bonds. The SMILES string of the molecule is Cc1nc(-c2cccc(NC(=O)c3sc(NC(=O)C(C)(C)C)cc3C)c2)cs1. The van der Waals surface area contributed by atoms with Gasteiger partial charge in [0.05, 0.1) is 20.6 Å². The Balaban J connectivity index is 1.76. The lowest BCUT2D eigenvalue weighted by Crippen LogP contribution is -2.27. The summed E-state index contributed by atoms with van der Waals surface area (Å²) >= 11 is 2.88. The number of amides is 2. The number of benzene rings is 1. The van der Waals surface area contributed by atoms with Gasteiger partial charge in [-0.3, -0.25) is 9.59 Å². The predicted molar refractivity (Wildman–Crippen MR) is 117 cm³/mol. The van der Waals surface area contributed by atoms with Crippen LogP contribution in [0.3, 0.4) is 0 Å². The lowest BCUT2D eigenvalue weighted by Gasteiger charge is -2.16. The van der Waals surface area contributed by atoms with Gasteiger partial charge in [0.1, 0.15) is 0 Å². The van der Waals surface area contributed by atoms with E-state index in [0.29, 0.717) is 15.6 Å². The van der Waals surface area contributed by atoms with E-state index in [2.05, 4.69) is 15.6 Å². The van der Waals surface area contributed by atoms with Crippen molar-refractivity contribution in [3.8, 4) is 11.3 Å². The maximum absolute atomic E-state index is 12.8. The number of thiazole rings is 1. The van der Waals surface area contributed by atoms with Crippen LogP contribution < -0.4 is 10.6 Å². The first kappa shape index (κ1) is 20.2. The molecule has 0 unspecified atom stereocenters. The Bertz CT molecular complexity index is 1030. The maximum Gasteiger partial charge on any atom is 0.266 e. The first-order chi connectivity index (χ1) is 13.1. The summed E-state index contributed by atoms with van der Waals surface area (Å²) in [5.74, 6) is -0.266. The van der Waals surface area contributed by atoms with Crippen LogP contribution in [-0.4, -0.2) is 16.8 Å². The van der Waals surface area contributed by atoms with Gasteiger partial charge in [-0.1, -0.05) is 32.9 Å². The highest BCUT2D eigenvalue weighted by molar-refractivity contribution is 7.18. The first-order valence-electron chi connectivity index (χ1n) is 8.89. The molecule has 3 rings (SSSR count). The topological polar surface area (TPSA) is 71.1 Å². The molecule has 0 aliphatic rings. The minimum atomic E-state index is -0.491. The Morgan fingerprint density at radius 1 is 1.07 bits per heavy atom. The molecule has 0 spiro atoms. The molecule has 0 saturated heterocycles. The largest absolute Gasteiger partial charge is 0.321 e. The lowest BCUT2D eigenvalue weighted by atomic mass is 9.96. The number of aromatic nitrogens is 1. The van der Waals surface area contributed by atoms with Gasteiger partial charge in [0, 0.05) is 22.0 Å². The van der Waals surface area contributed by atoms with Gasteiger partial charge in [-0.05, 0) is 37.6 Å². The van der Waals surface area contributed by atoms with Crippen LogP contribution in [0, 0.1) is 19.3 Å². The molecule has 0 atom stereocenters. The van der Waals surface area contributed by atoms with E-state index in [4.69, 9.17) is 0 Å². The number of rotatable bonds is 4. The molecule has 2 heterocycles. The van der Waals surface area contributed by atoms with Gasteiger partial charge in [0.25, 0.3) is 5.91 Å². The smallest absolute Gasteiger partial charge is 0.266 e. The number of thiophene rings is 1. The lowest BCUT2D eigenvalue weighted by molar-refractivity contribution is -0.123. The van der Waals surface area contributed by atoms with Crippen molar-refractivity contribution < 1.29 is 9.59 Å². The Kier molecular flexibility index (Phi) is 5.67. The molecule has 0 aliphatic heterocycles. The standard InChI is InChI=1S/C21H23N3O2S2/c1-12-9-17(24-20(26)21(3,4)5)28-18(12)19(25)23-15-8-6-7-14(10-15)16-11-27-13(2)22-16/h6-11H,1-5H3,(H,23,25)(H,24,26). The second-order valence-electron chi connectivity index (χ2n) is 7.61. The van der Waals surface area contributed by atoms with Gasteiger partial charge >= 0.3 is 0 Å². The minimum Gasteiger partial charge on any atom is -0.321 e. The Labute approximate surface area is 172 Å². The molecule has 0 aliphatic carbocycles. The number of carbonyl (C=O) groups excluding carboxylic acids is 2. The fourth-order valence-corrected chi connectivity index (χ4v) is 4.09. The molecular weight excluding hydrogens is 390 g/mol. The van der Waals surface area contributed by atoms with Gasteiger partial charge in [-0.15, -0.1) is 22.7 Å². The van der Waals surface area contributed by atoms with Crippen LogP contribution in [0.4, 0.5) is 10.7 Å². The maximum atomic E-state index is 12.8. The van der Waals surface area contributed by atoms with Crippen LogP contribution in [0.15, 0.2) is 35.7 Å². The van der Waals surface area contributed by atoms with Crippen LogP contribution in [0.1, 0.15) is 41.0 Å². The summed E-state index contributed by atoms with van der Waals surface area (Å²) in [6.07, 6.45) is 0. The summed E-state index contributed by atoms with van der Waals surface area (Å²) in [7, 11) is 0. The quantitative estimate of drug-likeness (QED) is 0.574. The normalized spacial score (nSPS) is 11.3. The monoisotopic (exact) mass is 413 g/mol. The summed E-state index contributed by atoms with van der Waals surface area (Å²) in [6.45, 7) is 9.40. The zero-order valence-electron chi connectivity index (χ0n) is 16.5. The fourth-order valence-electron chi connectivity index (χ4n) is 2.51. The molecular formula is C21H23N3O2S2. The third-order valence-corrected chi connectivity index (χ3v) is 6.00. The third kappa shape index (κ3) is 4.66. The number of hydrogen-bond donors (Lipinski definition) is 2. The zero-order chi connectivity index (χ0) is 20.5. The molecule has 3 aromatic rings. The van der Waals surface area contributed by atoms with E-state index < -0.39 is 5.41 Å². The predicted octanol–water partition coefficient (Wildman–Crippen LogP) is 5.73. The molecule has 0 radical (unpaired) electrons. The van der Waals surface area contributed by atoms with Crippen LogP contribution in [0.25, 0.3) is 11.3 Å². The highest BCUT2D eigenvalue weighted by Gasteiger charge is 2.23. The number of hydrogen-bond acceptors (Lipinski definition) is 5. The van der Waals surface area contributed by atoms with E-state index >= 15 is 0 Å². The second-order valence-corrected chi connectivity index (χ2v) is 9.73. The van der Waals surface area contributed by atoms with E-state index in [-0.39, 0.29) is 11.8 Å². The van der Waals surface area contributed by atoms with Crippen molar-refractivity contribution in [2.24, 2.45) is 5.41 Å². The van der Waals surface area contributed by atoms with Crippen molar-refractivity contribution in [1.82, 2.24) is 4.98 Å². The molecule has 1 aromatic carbocycles. The van der Waals surface area contributed by atoms with E-state index in [1.807, 2.05) is 70.3 Å². The van der Waals surface area contributed by atoms with Crippen LogP contribution >= 0.6 is 22.7 Å². The Morgan fingerprint density at radius 3 is 2.46 bits per heavy atom. The summed E-state index contributed by atoms with van der Waals surface area (Å²) in [6, 6.07) is 9.47. The van der Waals surface area contributed by atoms with Gasteiger partial charge < -0.3 is 10.6 Å². The fraction of sp³-hybridized carbons (Fsp3) is 0.286. The molecule has 0 fully saturated rings. The molecule has 2 aromatic heterocycles. The van der Waals surface area contributed by atoms with Crippen molar-refractivity contribution in [2.75, 3.05) is 10.6 Å². The molecule has 0 bridgehead atoms. The van der Waals surface area contributed by atoms with E-state index in [1.54, 1.807) is 11.3 Å². The number of nitrogens with one attached hydrogen (secondary N) is 2. The van der Waals surface area contributed by atoms with Crippen LogP contribution in [0.2, 0.25) is 0 Å². The summed E-state index contributed by atoms with van der Waals surface area (Å²) < 4.78 is 0. The second kappa shape index (κ2) is 7.85. The Morgan fingerprint density at radius 2 is 1.82 bits per heavy atom. The highest BCUT2D eigenvalue weighted by atomic mass is 32.1. The Hall–Kier alpha value is -2.51. The molecule has 0 saturated carbocycles.